The lowest BCUT2D eigenvalue weighted by molar-refractivity contribution is 0.0945. The second-order valence-corrected chi connectivity index (χ2v) is 7.21. The fraction of sp³-hybridized carbons (Fsp3) is 0.318. The molecular weight excluding hydrogens is 366 g/mol. The van der Waals surface area contributed by atoms with Crippen LogP contribution in [0.1, 0.15) is 27.5 Å². The molecule has 1 aromatic carbocycles. The predicted octanol–water partition coefficient (Wildman–Crippen LogP) is 2.63. The van der Waals surface area contributed by atoms with Crippen LogP contribution in [-0.4, -0.2) is 47.0 Å². The first kappa shape index (κ1) is 19.1. The van der Waals surface area contributed by atoms with Crippen molar-refractivity contribution < 1.29 is 9.21 Å². The molecule has 1 aliphatic heterocycles. The average molecular weight is 391 g/mol. The molecule has 0 spiro atoms. The van der Waals surface area contributed by atoms with E-state index in [0.717, 1.165) is 31.7 Å². The number of carbonyl (C=O) groups is 1. The largest absolute Gasteiger partial charge is 0.447 e. The molecule has 0 aliphatic carbocycles. The Morgan fingerprint density at radius 1 is 1.10 bits per heavy atom. The minimum absolute atomic E-state index is 0.235. The van der Waals surface area contributed by atoms with Gasteiger partial charge in [-0.15, -0.1) is 0 Å². The van der Waals surface area contributed by atoms with Gasteiger partial charge in [-0.1, -0.05) is 18.2 Å². The van der Waals surface area contributed by atoms with Crippen LogP contribution in [0.5, 0.6) is 0 Å². The van der Waals surface area contributed by atoms with Crippen molar-refractivity contribution in [3.05, 3.63) is 77.8 Å². The van der Waals surface area contributed by atoms with E-state index in [0.29, 0.717) is 24.7 Å². The molecule has 1 fully saturated rings. The Bertz CT molecular complexity index is 949. The summed E-state index contributed by atoms with van der Waals surface area (Å²) in [6.07, 6.45) is 4.84. The van der Waals surface area contributed by atoms with E-state index in [1.54, 1.807) is 12.4 Å². The Balaban J connectivity index is 1.27. The van der Waals surface area contributed by atoms with Crippen molar-refractivity contribution in [1.29, 1.82) is 0 Å². The van der Waals surface area contributed by atoms with Crippen LogP contribution >= 0.6 is 0 Å². The summed E-state index contributed by atoms with van der Waals surface area (Å²) < 4.78 is 5.53. The number of aryl methyl sites for hydroxylation is 1. The smallest absolute Gasteiger partial charge is 0.273 e. The molecular formula is C22H25N5O2. The van der Waals surface area contributed by atoms with Crippen LogP contribution in [-0.2, 0) is 13.1 Å². The number of benzene rings is 1. The number of carbonyl (C=O) groups excluding carboxylic acids is 1. The molecule has 0 unspecified atom stereocenters. The Kier molecular flexibility index (Phi) is 5.86. The van der Waals surface area contributed by atoms with Crippen LogP contribution in [0.15, 0.2) is 59.5 Å². The number of nitrogens with one attached hydrogen (secondary N) is 1. The molecule has 1 aliphatic rings. The summed E-state index contributed by atoms with van der Waals surface area (Å²) >= 11 is 0. The molecule has 0 atom stereocenters. The van der Waals surface area contributed by atoms with E-state index in [1.165, 1.54) is 17.5 Å². The van der Waals surface area contributed by atoms with Crippen molar-refractivity contribution in [3.8, 4) is 0 Å². The van der Waals surface area contributed by atoms with Crippen LogP contribution in [0.4, 0.5) is 5.69 Å². The van der Waals surface area contributed by atoms with Gasteiger partial charge in [-0.2, -0.15) is 0 Å². The lowest BCUT2D eigenvalue weighted by Gasteiger charge is -2.36. The van der Waals surface area contributed by atoms with E-state index >= 15 is 0 Å². The van der Waals surface area contributed by atoms with Gasteiger partial charge in [-0.05, 0) is 36.2 Å². The van der Waals surface area contributed by atoms with E-state index in [9.17, 15) is 4.79 Å². The summed E-state index contributed by atoms with van der Waals surface area (Å²) in [5, 5.41) is 2.85. The SMILES string of the molecule is Cc1ccccc1N1CCN(Cc2nc(C(=O)NCc3ccncc3)co2)CC1. The van der Waals surface area contributed by atoms with Gasteiger partial charge in [0.25, 0.3) is 5.91 Å². The third-order valence-electron chi connectivity index (χ3n) is 5.17. The van der Waals surface area contributed by atoms with Gasteiger partial charge in [0.15, 0.2) is 5.69 Å². The first-order valence-electron chi connectivity index (χ1n) is 9.83. The Morgan fingerprint density at radius 3 is 2.62 bits per heavy atom. The van der Waals surface area contributed by atoms with Gasteiger partial charge >= 0.3 is 0 Å². The molecule has 150 valence electrons. The Labute approximate surface area is 170 Å². The first-order valence-corrected chi connectivity index (χ1v) is 9.83. The minimum Gasteiger partial charge on any atom is -0.447 e. The van der Waals surface area contributed by atoms with Crippen molar-refractivity contribution in [2.75, 3.05) is 31.1 Å². The molecule has 1 amide bonds. The predicted molar refractivity (Wildman–Crippen MR) is 111 cm³/mol. The highest BCUT2D eigenvalue weighted by Crippen LogP contribution is 2.21. The number of piperazine rings is 1. The molecule has 29 heavy (non-hydrogen) atoms. The van der Waals surface area contributed by atoms with Gasteiger partial charge in [0.05, 0.1) is 6.54 Å². The van der Waals surface area contributed by atoms with Crippen LogP contribution in [0.3, 0.4) is 0 Å². The quantitative estimate of drug-likeness (QED) is 0.696. The number of amides is 1. The summed E-state index contributed by atoms with van der Waals surface area (Å²) in [4.78, 5) is 25.3. The number of oxazole rings is 1. The molecule has 7 heteroatoms. The van der Waals surface area contributed by atoms with E-state index in [2.05, 4.69) is 56.3 Å². The monoisotopic (exact) mass is 391 g/mol. The highest BCUT2D eigenvalue weighted by atomic mass is 16.3. The summed E-state index contributed by atoms with van der Waals surface area (Å²) in [5.41, 5.74) is 3.91. The van der Waals surface area contributed by atoms with Gasteiger partial charge in [0.1, 0.15) is 6.26 Å². The Hall–Kier alpha value is -3.19. The maximum atomic E-state index is 12.3. The van der Waals surface area contributed by atoms with Gasteiger partial charge in [-0.25, -0.2) is 4.98 Å². The third kappa shape index (κ3) is 4.81. The first-order chi connectivity index (χ1) is 14.2. The molecule has 4 rings (SSSR count). The topological polar surface area (TPSA) is 74.5 Å². The number of anilines is 1. The second-order valence-electron chi connectivity index (χ2n) is 7.21. The zero-order chi connectivity index (χ0) is 20.1. The zero-order valence-corrected chi connectivity index (χ0v) is 16.5. The molecule has 3 aromatic rings. The van der Waals surface area contributed by atoms with E-state index in [1.807, 2.05) is 12.1 Å². The summed E-state index contributed by atoms with van der Waals surface area (Å²) in [5.74, 6) is 0.338. The number of para-hydroxylation sites is 1. The maximum absolute atomic E-state index is 12.3. The third-order valence-corrected chi connectivity index (χ3v) is 5.17. The second kappa shape index (κ2) is 8.87. The van der Waals surface area contributed by atoms with E-state index in [4.69, 9.17) is 4.42 Å². The highest BCUT2D eigenvalue weighted by Gasteiger charge is 2.20. The van der Waals surface area contributed by atoms with Gasteiger partial charge < -0.3 is 14.6 Å². The van der Waals surface area contributed by atoms with Crippen molar-refractivity contribution in [3.63, 3.8) is 0 Å². The van der Waals surface area contributed by atoms with Gasteiger partial charge in [0, 0.05) is 50.8 Å². The lowest BCUT2D eigenvalue weighted by atomic mass is 10.1. The summed E-state index contributed by atoms with van der Waals surface area (Å²) in [6, 6.07) is 12.2. The van der Waals surface area contributed by atoms with Crippen molar-refractivity contribution in [1.82, 2.24) is 20.2 Å². The van der Waals surface area contributed by atoms with E-state index in [-0.39, 0.29) is 5.91 Å². The van der Waals surface area contributed by atoms with Crippen LogP contribution < -0.4 is 10.2 Å². The van der Waals surface area contributed by atoms with Crippen LogP contribution in [0, 0.1) is 6.92 Å². The molecule has 0 saturated carbocycles. The van der Waals surface area contributed by atoms with Crippen molar-refractivity contribution >= 4 is 11.6 Å². The Morgan fingerprint density at radius 2 is 1.86 bits per heavy atom. The number of aromatic nitrogens is 2. The molecule has 2 aromatic heterocycles. The van der Waals surface area contributed by atoms with E-state index < -0.39 is 0 Å². The number of nitrogens with zero attached hydrogens (tertiary/aromatic N) is 4. The maximum Gasteiger partial charge on any atom is 0.273 e. The zero-order valence-electron chi connectivity index (χ0n) is 16.5. The molecule has 1 saturated heterocycles. The van der Waals surface area contributed by atoms with Crippen LogP contribution in [0.25, 0.3) is 0 Å². The fourth-order valence-corrected chi connectivity index (χ4v) is 3.52. The normalized spacial score (nSPS) is 14.7. The fourth-order valence-electron chi connectivity index (χ4n) is 3.52. The number of hydrogen-bond acceptors (Lipinski definition) is 6. The molecule has 1 N–H and O–H groups in total. The minimum atomic E-state index is -0.235. The number of hydrogen-bond donors (Lipinski definition) is 1. The van der Waals surface area contributed by atoms with Gasteiger partial charge in [0.2, 0.25) is 5.89 Å². The van der Waals surface area contributed by atoms with Gasteiger partial charge in [-0.3, -0.25) is 14.7 Å². The standard InChI is InChI=1S/C22H25N5O2/c1-17-4-2-3-5-20(17)27-12-10-26(11-13-27)15-21-25-19(16-29-21)22(28)24-14-18-6-8-23-9-7-18/h2-9,16H,10-15H2,1H3,(H,24,28). The average Bonchev–Trinajstić information content (AvgIpc) is 3.22. The summed E-state index contributed by atoms with van der Waals surface area (Å²) in [6.45, 7) is 6.98. The number of pyridine rings is 1. The summed E-state index contributed by atoms with van der Waals surface area (Å²) in [7, 11) is 0. The van der Waals surface area contributed by atoms with Crippen LogP contribution in [0.2, 0.25) is 0 Å². The molecule has 3 heterocycles. The lowest BCUT2D eigenvalue weighted by Crippen LogP contribution is -2.46. The highest BCUT2D eigenvalue weighted by molar-refractivity contribution is 5.91. The molecule has 0 bridgehead atoms. The van der Waals surface area contributed by atoms with Crippen molar-refractivity contribution in [2.24, 2.45) is 0 Å². The molecule has 7 nitrogen and oxygen atoms in total. The molecule has 0 radical (unpaired) electrons. The van der Waals surface area contributed by atoms with Crippen molar-refractivity contribution in [2.45, 2.75) is 20.0 Å². The number of rotatable bonds is 6.